The first-order valence-corrected chi connectivity index (χ1v) is 6.29. The molecule has 1 unspecified atom stereocenters. The van der Waals surface area contributed by atoms with Crippen molar-refractivity contribution in [2.75, 3.05) is 0 Å². The third-order valence-corrected chi connectivity index (χ3v) is 3.36. The van der Waals surface area contributed by atoms with Crippen LogP contribution in [0, 0.1) is 13.8 Å². The van der Waals surface area contributed by atoms with Gasteiger partial charge in [-0.1, -0.05) is 35.9 Å². The minimum Gasteiger partial charge on any atom is -0.320 e. The lowest BCUT2D eigenvalue weighted by Gasteiger charge is -2.16. The fourth-order valence-corrected chi connectivity index (χ4v) is 2.23. The Hall–Kier alpha value is -1.81. The number of benzene rings is 2. The maximum atomic E-state index is 12.5. The molecule has 0 saturated heterocycles. The third kappa shape index (κ3) is 3.02. The number of halogens is 3. The Morgan fingerprint density at radius 2 is 1.55 bits per heavy atom. The second-order valence-electron chi connectivity index (χ2n) is 4.96. The summed E-state index contributed by atoms with van der Waals surface area (Å²) in [7, 11) is 0. The number of hydrogen-bond acceptors (Lipinski definition) is 1. The average Bonchev–Trinajstić information content (AvgIpc) is 2.37. The highest BCUT2D eigenvalue weighted by Crippen LogP contribution is 2.31. The molecule has 0 aliphatic rings. The molecule has 2 aromatic carbocycles. The summed E-state index contributed by atoms with van der Waals surface area (Å²) < 4.78 is 37.6. The van der Waals surface area contributed by atoms with Gasteiger partial charge in [-0.2, -0.15) is 13.2 Å². The summed E-state index contributed by atoms with van der Waals surface area (Å²) in [6.45, 7) is 3.94. The molecule has 0 fully saturated rings. The van der Waals surface area contributed by atoms with Gasteiger partial charge in [-0.05, 0) is 42.7 Å². The van der Waals surface area contributed by atoms with Gasteiger partial charge in [0.2, 0.25) is 0 Å². The topological polar surface area (TPSA) is 26.0 Å². The fourth-order valence-electron chi connectivity index (χ4n) is 2.23. The van der Waals surface area contributed by atoms with Crippen molar-refractivity contribution >= 4 is 0 Å². The largest absolute Gasteiger partial charge is 0.416 e. The maximum Gasteiger partial charge on any atom is 0.416 e. The summed E-state index contributed by atoms with van der Waals surface area (Å²) in [5, 5.41) is 0. The molecule has 4 heteroatoms. The summed E-state index contributed by atoms with van der Waals surface area (Å²) in [6, 6.07) is 10.5. The highest BCUT2D eigenvalue weighted by atomic mass is 19.4. The smallest absolute Gasteiger partial charge is 0.320 e. The molecular weight excluding hydrogens is 263 g/mol. The zero-order chi connectivity index (χ0) is 14.9. The monoisotopic (exact) mass is 279 g/mol. The van der Waals surface area contributed by atoms with Gasteiger partial charge in [0.15, 0.2) is 0 Å². The minimum absolute atomic E-state index is 0.419. The molecular formula is C16H16F3N. The van der Waals surface area contributed by atoms with Crippen molar-refractivity contribution in [2.45, 2.75) is 26.1 Å². The molecule has 0 spiro atoms. The van der Waals surface area contributed by atoms with E-state index >= 15 is 0 Å². The van der Waals surface area contributed by atoms with Crippen LogP contribution in [0.1, 0.15) is 33.9 Å². The van der Waals surface area contributed by atoms with E-state index in [1.165, 1.54) is 12.1 Å². The second-order valence-corrected chi connectivity index (χ2v) is 4.96. The fraction of sp³-hybridized carbons (Fsp3) is 0.250. The lowest BCUT2D eigenvalue weighted by molar-refractivity contribution is -0.137. The molecule has 0 aliphatic heterocycles. The SMILES string of the molecule is Cc1ccc(C(N)c2ccc(C(F)(F)F)cc2)c(C)c1. The van der Waals surface area contributed by atoms with Gasteiger partial charge in [0.1, 0.15) is 0 Å². The van der Waals surface area contributed by atoms with Crippen molar-refractivity contribution in [3.8, 4) is 0 Å². The van der Waals surface area contributed by atoms with Crippen LogP contribution in [0.3, 0.4) is 0 Å². The lowest BCUT2D eigenvalue weighted by atomic mass is 9.94. The van der Waals surface area contributed by atoms with Crippen molar-refractivity contribution in [2.24, 2.45) is 5.73 Å². The van der Waals surface area contributed by atoms with Gasteiger partial charge < -0.3 is 5.73 Å². The summed E-state index contributed by atoms with van der Waals surface area (Å²) >= 11 is 0. The van der Waals surface area contributed by atoms with Gasteiger partial charge >= 0.3 is 6.18 Å². The average molecular weight is 279 g/mol. The zero-order valence-corrected chi connectivity index (χ0v) is 11.3. The van der Waals surface area contributed by atoms with E-state index in [0.29, 0.717) is 5.56 Å². The van der Waals surface area contributed by atoms with Crippen molar-refractivity contribution in [1.82, 2.24) is 0 Å². The molecule has 2 aromatic rings. The molecule has 0 aliphatic carbocycles. The first kappa shape index (κ1) is 14.6. The Morgan fingerprint density at radius 1 is 0.950 bits per heavy atom. The first-order valence-electron chi connectivity index (χ1n) is 6.29. The summed E-state index contributed by atoms with van der Waals surface area (Å²) in [5.41, 5.74) is 9.25. The van der Waals surface area contributed by atoms with Gasteiger partial charge in [-0.3, -0.25) is 0 Å². The number of aryl methyl sites for hydroxylation is 2. The van der Waals surface area contributed by atoms with Crippen molar-refractivity contribution in [3.63, 3.8) is 0 Å². The Morgan fingerprint density at radius 3 is 2.05 bits per heavy atom. The molecule has 2 N–H and O–H groups in total. The van der Waals surface area contributed by atoms with E-state index in [2.05, 4.69) is 0 Å². The van der Waals surface area contributed by atoms with Gasteiger partial charge in [0.05, 0.1) is 11.6 Å². The first-order chi connectivity index (χ1) is 9.29. The van der Waals surface area contributed by atoms with E-state index in [1.54, 1.807) is 0 Å². The van der Waals surface area contributed by atoms with Crippen LogP contribution in [0.4, 0.5) is 13.2 Å². The summed E-state index contributed by atoms with van der Waals surface area (Å²) in [4.78, 5) is 0. The van der Waals surface area contributed by atoms with Crippen LogP contribution < -0.4 is 5.73 Å². The van der Waals surface area contributed by atoms with Gasteiger partial charge in [0, 0.05) is 0 Å². The molecule has 0 saturated carbocycles. The van der Waals surface area contributed by atoms with E-state index in [0.717, 1.165) is 28.8 Å². The number of rotatable bonds is 2. The van der Waals surface area contributed by atoms with E-state index in [9.17, 15) is 13.2 Å². The second kappa shape index (κ2) is 5.29. The quantitative estimate of drug-likeness (QED) is 0.868. The van der Waals surface area contributed by atoms with Gasteiger partial charge in [-0.25, -0.2) is 0 Å². The van der Waals surface area contributed by atoms with Crippen LogP contribution in [0.2, 0.25) is 0 Å². The van der Waals surface area contributed by atoms with Gasteiger partial charge in [0.25, 0.3) is 0 Å². The Labute approximate surface area is 116 Å². The van der Waals surface area contributed by atoms with Crippen LogP contribution in [0.5, 0.6) is 0 Å². The molecule has 1 atom stereocenters. The van der Waals surface area contributed by atoms with E-state index < -0.39 is 17.8 Å². The lowest BCUT2D eigenvalue weighted by Crippen LogP contribution is -2.14. The molecule has 0 bridgehead atoms. The predicted octanol–water partition coefficient (Wildman–Crippen LogP) is 4.37. The van der Waals surface area contributed by atoms with E-state index in [1.807, 2.05) is 32.0 Å². The molecule has 20 heavy (non-hydrogen) atoms. The molecule has 0 aromatic heterocycles. The van der Waals surface area contributed by atoms with Crippen molar-refractivity contribution in [1.29, 1.82) is 0 Å². The summed E-state index contributed by atoms with van der Waals surface area (Å²) in [6.07, 6.45) is -4.32. The number of hydrogen-bond donors (Lipinski definition) is 1. The van der Waals surface area contributed by atoms with Crippen LogP contribution in [-0.2, 0) is 6.18 Å². The standard InChI is InChI=1S/C16H16F3N/c1-10-3-8-14(11(2)9-10)15(20)12-4-6-13(7-5-12)16(17,18)19/h3-9,15H,20H2,1-2H3. The Bertz CT molecular complexity index is 600. The predicted molar refractivity (Wildman–Crippen MR) is 73.4 cm³/mol. The highest BCUT2D eigenvalue weighted by molar-refractivity contribution is 5.39. The highest BCUT2D eigenvalue weighted by Gasteiger charge is 2.30. The molecule has 0 amide bonds. The maximum absolute atomic E-state index is 12.5. The molecule has 0 heterocycles. The molecule has 0 radical (unpaired) electrons. The van der Waals surface area contributed by atoms with Gasteiger partial charge in [-0.15, -0.1) is 0 Å². The Balaban J connectivity index is 2.31. The normalized spacial score (nSPS) is 13.3. The molecule has 2 rings (SSSR count). The third-order valence-electron chi connectivity index (χ3n) is 3.36. The summed E-state index contributed by atoms with van der Waals surface area (Å²) in [5.74, 6) is 0. The van der Waals surface area contributed by atoms with E-state index in [-0.39, 0.29) is 0 Å². The molecule has 106 valence electrons. The minimum atomic E-state index is -4.32. The van der Waals surface area contributed by atoms with Crippen LogP contribution in [0.25, 0.3) is 0 Å². The Kier molecular flexibility index (Phi) is 3.86. The van der Waals surface area contributed by atoms with Crippen molar-refractivity contribution < 1.29 is 13.2 Å². The van der Waals surface area contributed by atoms with Crippen molar-refractivity contribution in [3.05, 3.63) is 70.3 Å². The number of nitrogens with two attached hydrogens (primary N) is 1. The van der Waals surface area contributed by atoms with Crippen LogP contribution in [-0.4, -0.2) is 0 Å². The van der Waals surface area contributed by atoms with E-state index in [4.69, 9.17) is 5.73 Å². The zero-order valence-electron chi connectivity index (χ0n) is 11.3. The van der Waals surface area contributed by atoms with Crippen LogP contribution in [0.15, 0.2) is 42.5 Å². The van der Waals surface area contributed by atoms with Crippen LogP contribution >= 0.6 is 0 Å². The number of alkyl halides is 3. The molecule has 1 nitrogen and oxygen atoms in total.